The van der Waals surface area contributed by atoms with Crippen LogP contribution in [-0.2, 0) is 22.4 Å². The van der Waals surface area contributed by atoms with Gasteiger partial charge in [-0.2, -0.15) is 0 Å². The average molecular weight is 1380 g/mol. The number of ether oxygens (including phenoxy) is 6. The van der Waals surface area contributed by atoms with Crippen molar-refractivity contribution in [3.8, 4) is 57.5 Å². The zero-order chi connectivity index (χ0) is 72.2. The second-order valence-corrected chi connectivity index (χ2v) is 27.8. The van der Waals surface area contributed by atoms with E-state index in [9.17, 15) is 0 Å². The van der Waals surface area contributed by atoms with Gasteiger partial charge in [-0.05, 0) is 154 Å². The van der Waals surface area contributed by atoms with Gasteiger partial charge in [-0.25, -0.2) is 9.59 Å². The predicted molar refractivity (Wildman–Crippen MR) is 403 cm³/mol. The SMILES string of the molecule is CC(C)c1ccc(Oc2cc3c4c(cc(Oc5ccc(C(C)C)cc5)c5c6c(Oc7ccc(C(C)C)cc7)cc7c8c(cc(Oc9ccc(C(C)C)cc9)c(c2c45)c86)C(=O)N(C(Cc2ccccc2)C(=O)Oc2ccccc2)C7=O)C(=O)N(C(Cc2ccccc2)C(=O)Oc2ccccc2)C3=O)cc1. The molecule has 14 heteroatoms. The summed E-state index contributed by atoms with van der Waals surface area (Å²) in [6, 6.07) is 69.0. The number of carbonyl (C=O) groups is 6. The summed E-state index contributed by atoms with van der Waals surface area (Å²) in [5.41, 5.74) is 5.38. The van der Waals surface area contributed by atoms with Gasteiger partial charge in [-0.3, -0.25) is 29.0 Å². The molecule has 2 unspecified atom stereocenters. The number of esters is 2. The van der Waals surface area contributed by atoms with Gasteiger partial charge in [0, 0.05) is 55.9 Å². The van der Waals surface area contributed by atoms with Crippen molar-refractivity contribution in [1.29, 1.82) is 0 Å². The first-order valence-electron chi connectivity index (χ1n) is 35.2. The molecule has 13 aromatic carbocycles. The van der Waals surface area contributed by atoms with Crippen LogP contribution in [0.5, 0.6) is 57.5 Å². The molecular weight excluding hydrogens is 1300 g/mol. The summed E-state index contributed by atoms with van der Waals surface area (Å²) in [6.07, 6.45) is -0.243. The highest BCUT2D eigenvalue weighted by Gasteiger charge is 2.47. The molecule has 2 heterocycles. The Labute approximate surface area is 602 Å². The zero-order valence-corrected chi connectivity index (χ0v) is 58.8. The van der Waals surface area contributed by atoms with Crippen LogP contribution in [0, 0.1) is 0 Å². The van der Waals surface area contributed by atoms with Crippen LogP contribution in [-0.4, -0.2) is 57.5 Å². The molecule has 104 heavy (non-hydrogen) atoms. The van der Waals surface area contributed by atoms with Crippen LogP contribution in [0.1, 0.15) is 154 Å². The third-order valence-corrected chi connectivity index (χ3v) is 19.7. The normalized spacial score (nSPS) is 13.5. The molecular formula is C90H74N2O12. The molecule has 15 rings (SSSR count). The highest BCUT2D eigenvalue weighted by Crippen LogP contribution is 2.58. The Morgan fingerprint density at radius 3 is 0.740 bits per heavy atom. The van der Waals surface area contributed by atoms with Crippen molar-refractivity contribution < 1.29 is 57.2 Å². The first kappa shape index (κ1) is 67.4. The molecule has 0 fully saturated rings. The minimum Gasteiger partial charge on any atom is -0.457 e. The second kappa shape index (κ2) is 27.8. The fourth-order valence-electron chi connectivity index (χ4n) is 14.2. The minimum atomic E-state index is -1.53. The highest BCUT2D eigenvalue weighted by molar-refractivity contribution is 6.45. The summed E-state index contributed by atoms with van der Waals surface area (Å²) in [4.78, 5) is 98.4. The van der Waals surface area contributed by atoms with E-state index in [1.165, 1.54) is 0 Å². The number of imide groups is 2. The molecule has 0 spiro atoms. The Kier molecular flexibility index (Phi) is 18.0. The molecule has 0 radical (unpaired) electrons. The molecule has 0 N–H and O–H groups in total. The molecule has 14 nitrogen and oxygen atoms in total. The molecule has 0 aliphatic carbocycles. The number of nitrogens with zero attached hydrogens (tertiary/aromatic N) is 2. The fraction of sp³-hybridized carbons (Fsp3) is 0.178. The van der Waals surface area contributed by atoms with Crippen molar-refractivity contribution in [3.63, 3.8) is 0 Å². The number of amides is 4. The molecule has 0 saturated heterocycles. The summed E-state index contributed by atoms with van der Waals surface area (Å²) < 4.78 is 41.5. The number of para-hydroxylation sites is 2. The zero-order valence-electron chi connectivity index (χ0n) is 58.8. The van der Waals surface area contributed by atoms with Crippen molar-refractivity contribution >= 4 is 78.7 Å². The molecule has 0 saturated carbocycles. The number of hydrogen-bond acceptors (Lipinski definition) is 12. The average Bonchev–Trinajstić information content (AvgIpc) is 0.671. The topological polar surface area (TPSA) is 164 Å². The number of hydrogen-bond donors (Lipinski definition) is 0. The molecule has 516 valence electrons. The summed E-state index contributed by atoms with van der Waals surface area (Å²) in [5, 5.41) is 2.09. The lowest BCUT2D eigenvalue weighted by atomic mass is 9.80. The molecule has 2 aliphatic heterocycles. The van der Waals surface area contributed by atoms with Crippen molar-refractivity contribution in [2.24, 2.45) is 0 Å². The van der Waals surface area contributed by atoms with Crippen LogP contribution in [0.15, 0.2) is 243 Å². The van der Waals surface area contributed by atoms with E-state index in [0.29, 0.717) is 55.7 Å². The van der Waals surface area contributed by atoms with Crippen LogP contribution >= 0.6 is 0 Å². The smallest absolute Gasteiger partial charge is 0.335 e. The molecule has 0 aromatic heterocycles. The lowest BCUT2D eigenvalue weighted by molar-refractivity contribution is -0.139. The Morgan fingerprint density at radius 2 is 0.510 bits per heavy atom. The highest BCUT2D eigenvalue weighted by atomic mass is 16.5. The van der Waals surface area contributed by atoms with Crippen LogP contribution in [0.25, 0.3) is 43.1 Å². The van der Waals surface area contributed by atoms with E-state index in [1.54, 1.807) is 84.9 Å². The van der Waals surface area contributed by atoms with Crippen LogP contribution in [0.2, 0.25) is 0 Å². The van der Waals surface area contributed by atoms with E-state index < -0.39 is 47.7 Å². The monoisotopic (exact) mass is 1370 g/mol. The lowest BCUT2D eigenvalue weighted by Gasteiger charge is -2.35. The maximum atomic E-state index is 16.5. The predicted octanol–water partition coefficient (Wildman–Crippen LogP) is 21.0. The second-order valence-electron chi connectivity index (χ2n) is 27.8. The maximum absolute atomic E-state index is 16.5. The largest absolute Gasteiger partial charge is 0.457 e. The van der Waals surface area contributed by atoms with Gasteiger partial charge in [0.05, 0.1) is 22.3 Å². The van der Waals surface area contributed by atoms with Crippen molar-refractivity contribution in [1.82, 2.24) is 9.80 Å². The van der Waals surface area contributed by atoms with Crippen molar-refractivity contribution in [2.45, 2.75) is 104 Å². The van der Waals surface area contributed by atoms with E-state index in [1.807, 2.05) is 158 Å². The third kappa shape index (κ3) is 12.7. The van der Waals surface area contributed by atoms with Crippen LogP contribution < -0.4 is 28.4 Å². The first-order chi connectivity index (χ1) is 50.3. The lowest BCUT2D eigenvalue weighted by Crippen LogP contribution is -2.52. The molecule has 13 aromatic rings. The quantitative estimate of drug-likeness (QED) is 0.0208. The number of fused-ring (bicyclic) bond motifs is 2. The van der Waals surface area contributed by atoms with E-state index in [4.69, 9.17) is 28.4 Å². The van der Waals surface area contributed by atoms with Gasteiger partial charge >= 0.3 is 11.9 Å². The standard InChI is InChI=1S/C90H74N2O12/c1-51(2)57-29-37-63(38-30-57)99-73-47-67-77-68(86(94)91(85(67)93)71(45-55-21-13-9-14-22-55)89(97)103-61-25-17-11-18-26-61)49-75(101-65-41-33-59(34-42-65)53(5)6)81-82-76(102-66-43-35-60(36-44-66)54(7)8)50-70-78-69(48-74(80(84(78)82)79(73)83(77)81)100-64-39-31-58(32-40-64)52(3)4)87(95)92(88(70)96)72(46-56-23-15-10-16-24-56)90(98)104-62-27-19-12-20-28-62/h9-44,47-54,71-72H,45-46H2,1-8H3. The van der Waals surface area contributed by atoms with Crippen molar-refractivity contribution in [2.75, 3.05) is 0 Å². The Morgan fingerprint density at radius 1 is 0.279 bits per heavy atom. The van der Waals surface area contributed by atoms with Crippen LogP contribution in [0.4, 0.5) is 0 Å². The van der Waals surface area contributed by atoms with Crippen molar-refractivity contribution in [3.05, 3.63) is 298 Å². The van der Waals surface area contributed by atoms with Gasteiger partial charge < -0.3 is 28.4 Å². The number of carbonyl (C=O) groups excluding carboxylic acids is 6. The van der Waals surface area contributed by atoms with Gasteiger partial charge in [0.15, 0.2) is 0 Å². The van der Waals surface area contributed by atoms with Crippen LogP contribution in [0.3, 0.4) is 0 Å². The molecule has 2 atom stereocenters. The van der Waals surface area contributed by atoms with E-state index >= 15 is 28.8 Å². The van der Waals surface area contributed by atoms with Gasteiger partial charge in [-0.15, -0.1) is 0 Å². The number of benzene rings is 13. The Balaban J connectivity index is 1.09. The Bertz CT molecular complexity index is 4910. The van der Waals surface area contributed by atoms with E-state index in [0.717, 1.165) is 32.1 Å². The van der Waals surface area contributed by atoms with Gasteiger partial charge in [-0.1, -0.05) is 201 Å². The van der Waals surface area contributed by atoms with Gasteiger partial charge in [0.1, 0.15) is 69.6 Å². The Hall–Kier alpha value is -12.4. The number of rotatable bonds is 22. The van der Waals surface area contributed by atoms with E-state index in [-0.39, 0.29) is 115 Å². The molecule has 4 amide bonds. The summed E-state index contributed by atoms with van der Waals surface area (Å²) in [5.74, 6) is -2.20. The van der Waals surface area contributed by atoms with Gasteiger partial charge in [0.2, 0.25) is 0 Å². The maximum Gasteiger partial charge on any atom is 0.335 e. The minimum absolute atomic E-state index is 0.00723. The van der Waals surface area contributed by atoms with Gasteiger partial charge in [0.25, 0.3) is 23.6 Å². The first-order valence-corrected chi connectivity index (χ1v) is 35.2. The fourth-order valence-corrected chi connectivity index (χ4v) is 14.2. The summed E-state index contributed by atoms with van der Waals surface area (Å²) >= 11 is 0. The summed E-state index contributed by atoms with van der Waals surface area (Å²) in [6.45, 7) is 16.7. The third-order valence-electron chi connectivity index (χ3n) is 19.7. The molecule has 2 aliphatic rings. The molecule has 0 bridgehead atoms. The summed E-state index contributed by atoms with van der Waals surface area (Å²) in [7, 11) is 0. The van der Waals surface area contributed by atoms with E-state index in [2.05, 4.69) is 55.4 Å².